The monoisotopic (exact) mass is 352 g/mol. The number of aryl methyl sites for hydroxylation is 1. The number of sulfone groups is 1. The standard InChI is InChI=1S/C17H24N2O4S/c1-24(21,22)15-10-3-2-8-13(15)18-17(20)19-14-9-4-6-12-7-5-11-23-16(12)14/h4,6,9,13,15H,2-3,5,7-8,10-11H2,1H3,(H2,18,19,20)/t13-,15-/m1/s1. The lowest BCUT2D eigenvalue weighted by molar-refractivity contribution is 0.244. The van der Waals surface area contributed by atoms with Crippen LogP contribution in [-0.2, 0) is 16.3 Å². The van der Waals surface area contributed by atoms with E-state index in [1.54, 1.807) is 6.07 Å². The number of anilines is 1. The highest BCUT2D eigenvalue weighted by Crippen LogP contribution is 2.33. The fourth-order valence-corrected chi connectivity index (χ4v) is 4.98. The summed E-state index contributed by atoms with van der Waals surface area (Å²) in [7, 11) is -3.18. The second-order valence-electron chi connectivity index (χ2n) is 6.60. The minimum atomic E-state index is -3.18. The molecular formula is C17H24N2O4S. The molecule has 0 bridgehead atoms. The molecule has 1 aromatic rings. The van der Waals surface area contributed by atoms with Gasteiger partial charge in [0, 0.05) is 12.3 Å². The van der Waals surface area contributed by atoms with Gasteiger partial charge in [-0.05, 0) is 37.3 Å². The predicted molar refractivity (Wildman–Crippen MR) is 93.3 cm³/mol. The van der Waals surface area contributed by atoms with Crippen molar-refractivity contribution in [1.29, 1.82) is 0 Å². The molecule has 1 heterocycles. The first-order valence-corrected chi connectivity index (χ1v) is 10.4. The Morgan fingerprint density at radius 3 is 2.79 bits per heavy atom. The first kappa shape index (κ1) is 17.1. The highest BCUT2D eigenvalue weighted by atomic mass is 32.2. The second-order valence-corrected chi connectivity index (χ2v) is 8.87. The Bertz CT molecular complexity index is 717. The molecule has 1 aliphatic heterocycles. The summed E-state index contributed by atoms with van der Waals surface area (Å²) in [6, 6.07) is 4.98. The molecule has 6 nitrogen and oxygen atoms in total. The van der Waals surface area contributed by atoms with Gasteiger partial charge in [-0.3, -0.25) is 0 Å². The van der Waals surface area contributed by atoms with Crippen molar-refractivity contribution in [2.45, 2.75) is 49.8 Å². The number of hydrogen-bond acceptors (Lipinski definition) is 4. The molecule has 2 amide bonds. The Kier molecular flexibility index (Phi) is 4.99. The smallest absolute Gasteiger partial charge is 0.319 e. The highest BCUT2D eigenvalue weighted by Gasteiger charge is 2.33. The normalized spacial score (nSPS) is 23.7. The Labute approximate surface area is 142 Å². The van der Waals surface area contributed by atoms with Crippen molar-refractivity contribution in [1.82, 2.24) is 5.32 Å². The van der Waals surface area contributed by atoms with E-state index in [-0.39, 0.29) is 12.1 Å². The molecule has 1 saturated carbocycles. The van der Waals surface area contributed by atoms with Crippen LogP contribution < -0.4 is 15.4 Å². The number of fused-ring (bicyclic) bond motifs is 1. The Morgan fingerprint density at radius 1 is 1.21 bits per heavy atom. The molecule has 0 unspecified atom stereocenters. The Balaban J connectivity index is 1.69. The van der Waals surface area contributed by atoms with Gasteiger partial charge in [0.25, 0.3) is 0 Å². The minimum absolute atomic E-state index is 0.339. The molecule has 1 aliphatic carbocycles. The first-order chi connectivity index (χ1) is 11.4. The summed E-state index contributed by atoms with van der Waals surface area (Å²) in [5.41, 5.74) is 1.72. The van der Waals surface area contributed by atoms with Gasteiger partial charge in [0.15, 0.2) is 9.84 Å². The van der Waals surface area contributed by atoms with E-state index in [2.05, 4.69) is 10.6 Å². The summed E-state index contributed by atoms with van der Waals surface area (Å²) in [5.74, 6) is 0.724. The van der Waals surface area contributed by atoms with E-state index >= 15 is 0 Å². The number of ether oxygens (including phenoxy) is 1. The first-order valence-electron chi connectivity index (χ1n) is 8.46. The van der Waals surface area contributed by atoms with E-state index in [4.69, 9.17) is 4.74 Å². The van der Waals surface area contributed by atoms with Crippen molar-refractivity contribution in [2.75, 3.05) is 18.2 Å². The fraction of sp³-hybridized carbons (Fsp3) is 0.588. The third kappa shape index (κ3) is 3.83. The van der Waals surface area contributed by atoms with Gasteiger partial charge in [-0.2, -0.15) is 0 Å². The highest BCUT2D eigenvalue weighted by molar-refractivity contribution is 7.91. The molecule has 7 heteroatoms. The molecular weight excluding hydrogens is 328 g/mol. The third-order valence-electron chi connectivity index (χ3n) is 4.75. The molecule has 0 saturated heterocycles. The number of hydrogen-bond donors (Lipinski definition) is 2. The van der Waals surface area contributed by atoms with Crippen molar-refractivity contribution < 1.29 is 17.9 Å². The molecule has 0 aromatic heterocycles. The minimum Gasteiger partial charge on any atom is -0.491 e. The number of para-hydroxylation sites is 1. The van der Waals surface area contributed by atoms with Crippen LogP contribution in [0.5, 0.6) is 5.75 Å². The summed E-state index contributed by atoms with van der Waals surface area (Å²) >= 11 is 0. The van der Waals surface area contributed by atoms with Gasteiger partial charge in [-0.15, -0.1) is 0 Å². The zero-order valence-electron chi connectivity index (χ0n) is 13.9. The van der Waals surface area contributed by atoms with Gasteiger partial charge in [0.2, 0.25) is 0 Å². The van der Waals surface area contributed by atoms with Gasteiger partial charge >= 0.3 is 6.03 Å². The number of carbonyl (C=O) groups is 1. The number of benzene rings is 1. The fourth-order valence-electron chi connectivity index (χ4n) is 3.59. The van der Waals surface area contributed by atoms with Crippen LogP contribution in [0.1, 0.15) is 37.7 Å². The topological polar surface area (TPSA) is 84.5 Å². The summed E-state index contributed by atoms with van der Waals surface area (Å²) in [6.07, 6.45) is 6.27. The maximum absolute atomic E-state index is 12.4. The molecule has 132 valence electrons. The molecule has 3 rings (SSSR count). The zero-order valence-corrected chi connectivity index (χ0v) is 14.7. The average molecular weight is 352 g/mol. The van der Waals surface area contributed by atoms with Gasteiger partial charge in [0.1, 0.15) is 5.75 Å². The van der Waals surface area contributed by atoms with E-state index in [0.717, 1.165) is 37.0 Å². The number of carbonyl (C=O) groups excluding carboxylic acids is 1. The van der Waals surface area contributed by atoms with Gasteiger partial charge < -0.3 is 15.4 Å². The van der Waals surface area contributed by atoms with Crippen LogP contribution in [0.2, 0.25) is 0 Å². The zero-order chi connectivity index (χ0) is 17.2. The summed E-state index contributed by atoms with van der Waals surface area (Å²) in [4.78, 5) is 12.4. The van der Waals surface area contributed by atoms with Crippen LogP contribution in [0.3, 0.4) is 0 Å². The number of rotatable bonds is 3. The molecule has 1 fully saturated rings. The maximum atomic E-state index is 12.4. The molecule has 2 N–H and O–H groups in total. The SMILES string of the molecule is CS(=O)(=O)[C@@H]1CCCC[C@H]1NC(=O)Nc1cccc2c1OCCC2. The molecule has 24 heavy (non-hydrogen) atoms. The summed E-state index contributed by atoms with van der Waals surface area (Å²) in [5, 5.41) is 5.16. The van der Waals surface area contributed by atoms with E-state index < -0.39 is 15.1 Å². The van der Waals surface area contributed by atoms with Gasteiger partial charge in [-0.1, -0.05) is 25.0 Å². The Hall–Kier alpha value is -1.76. The third-order valence-corrected chi connectivity index (χ3v) is 6.41. The van der Waals surface area contributed by atoms with Crippen molar-refractivity contribution >= 4 is 21.6 Å². The lowest BCUT2D eigenvalue weighted by Crippen LogP contribution is -2.49. The van der Waals surface area contributed by atoms with E-state index in [1.165, 1.54) is 6.26 Å². The molecule has 1 aromatic carbocycles. The van der Waals surface area contributed by atoms with Crippen LogP contribution in [0.4, 0.5) is 10.5 Å². The van der Waals surface area contributed by atoms with E-state index in [0.29, 0.717) is 25.1 Å². The summed E-state index contributed by atoms with van der Waals surface area (Å²) in [6.45, 7) is 0.645. The van der Waals surface area contributed by atoms with E-state index in [9.17, 15) is 13.2 Å². The van der Waals surface area contributed by atoms with Crippen LogP contribution in [0.15, 0.2) is 18.2 Å². The lowest BCUT2D eigenvalue weighted by atomic mass is 9.95. The van der Waals surface area contributed by atoms with E-state index in [1.807, 2.05) is 12.1 Å². The van der Waals surface area contributed by atoms with Crippen LogP contribution in [-0.4, -0.2) is 38.6 Å². The number of nitrogens with one attached hydrogen (secondary N) is 2. The number of urea groups is 1. The van der Waals surface area contributed by atoms with Crippen LogP contribution in [0.25, 0.3) is 0 Å². The Morgan fingerprint density at radius 2 is 2.00 bits per heavy atom. The maximum Gasteiger partial charge on any atom is 0.319 e. The molecule has 0 spiro atoms. The second kappa shape index (κ2) is 7.01. The van der Waals surface area contributed by atoms with Crippen LogP contribution in [0, 0.1) is 0 Å². The number of amides is 2. The molecule has 2 aliphatic rings. The largest absolute Gasteiger partial charge is 0.491 e. The average Bonchev–Trinajstić information content (AvgIpc) is 2.54. The van der Waals surface area contributed by atoms with Crippen molar-refractivity contribution in [3.05, 3.63) is 23.8 Å². The van der Waals surface area contributed by atoms with Gasteiger partial charge in [0.05, 0.1) is 17.5 Å². The molecule has 2 atom stereocenters. The van der Waals surface area contributed by atoms with Crippen LogP contribution >= 0.6 is 0 Å². The van der Waals surface area contributed by atoms with Crippen molar-refractivity contribution in [2.24, 2.45) is 0 Å². The van der Waals surface area contributed by atoms with Gasteiger partial charge in [-0.25, -0.2) is 13.2 Å². The lowest BCUT2D eigenvalue weighted by Gasteiger charge is -2.31. The molecule has 0 radical (unpaired) electrons. The predicted octanol–water partition coefficient (Wildman–Crippen LogP) is 2.49. The summed E-state index contributed by atoms with van der Waals surface area (Å²) < 4.78 is 29.6. The quantitative estimate of drug-likeness (QED) is 0.875. The van der Waals surface area contributed by atoms with Crippen molar-refractivity contribution in [3.8, 4) is 5.75 Å². The van der Waals surface area contributed by atoms with Crippen molar-refractivity contribution in [3.63, 3.8) is 0 Å².